The number of hydrogen-bond donors (Lipinski definition) is 2. The van der Waals surface area contributed by atoms with Crippen LogP contribution in [-0.4, -0.2) is 17.8 Å². The Hall–Kier alpha value is -3.53. The predicted octanol–water partition coefficient (Wildman–Crippen LogP) is 6.25. The molecule has 0 spiro atoms. The zero-order valence-corrected chi connectivity index (χ0v) is 17.1. The fourth-order valence-corrected chi connectivity index (χ4v) is 3.79. The van der Waals surface area contributed by atoms with Crippen molar-refractivity contribution in [3.05, 3.63) is 89.5 Å². The molecule has 1 atom stereocenters. The molecule has 3 aromatic carbocycles. The van der Waals surface area contributed by atoms with Gasteiger partial charge in [-0.25, -0.2) is 4.79 Å². The van der Waals surface area contributed by atoms with Gasteiger partial charge in [-0.05, 0) is 28.3 Å². The summed E-state index contributed by atoms with van der Waals surface area (Å²) >= 11 is 0. The fourth-order valence-electron chi connectivity index (χ4n) is 3.79. The molecule has 0 aromatic heterocycles. The van der Waals surface area contributed by atoms with E-state index in [1.807, 2.05) is 56.3 Å². The van der Waals surface area contributed by atoms with Gasteiger partial charge in [0, 0.05) is 11.0 Å². The number of rotatable bonds is 4. The number of fused-ring (bicyclic) bond motifs is 1. The number of ether oxygens (including phenoxy) is 1. The summed E-state index contributed by atoms with van der Waals surface area (Å²) in [6.07, 6.45) is 3.08. The largest absolute Gasteiger partial charge is 0.493 e. The molecule has 0 radical (unpaired) electrons. The molecule has 0 bridgehead atoms. The quantitative estimate of drug-likeness (QED) is 0.510. The molecule has 1 unspecified atom stereocenters. The van der Waals surface area contributed by atoms with Gasteiger partial charge in [0.2, 0.25) is 0 Å². The minimum Gasteiger partial charge on any atom is -0.493 e. The van der Waals surface area contributed by atoms with E-state index in [4.69, 9.17) is 4.74 Å². The lowest BCUT2D eigenvalue weighted by Crippen LogP contribution is -2.43. The maximum absolute atomic E-state index is 11.2. The lowest BCUT2D eigenvalue weighted by Gasteiger charge is -2.39. The van der Waals surface area contributed by atoms with Gasteiger partial charge < -0.3 is 15.2 Å². The standard InChI is InChI=1S/C26H25NO3/c1-26(2)17-30-23-16-19(12-15-22(23)24(26)27-25(28)29)9-8-18-10-13-21(14-11-18)20-6-4-3-5-7-20/h3-16,24,27H,17H2,1-2H3,(H,28,29)/b9-8+. The van der Waals surface area contributed by atoms with E-state index in [9.17, 15) is 9.90 Å². The van der Waals surface area contributed by atoms with E-state index >= 15 is 0 Å². The van der Waals surface area contributed by atoms with Crippen molar-refractivity contribution in [2.75, 3.05) is 6.61 Å². The zero-order valence-electron chi connectivity index (χ0n) is 17.1. The molecular weight excluding hydrogens is 374 g/mol. The van der Waals surface area contributed by atoms with E-state index in [2.05, 4.69) is 47.8 Å². The first-order valence-electron chi connectivity index (χ1n) is 10.0. The van der Waals surface area contributed by atoms with E-state index in [1.54, 1.807) is 0 Å². The molecule has 1 amide bonds. The van der Waals surface area contributed by atoms with Crippen molar-refractivity contribution in [1.82, 2.24) is 5.32 Å². The lowest BCUT2D eigenvalue weighted by atomic mass is 9.79. The van der Waals surface area contributed by atoms with E-state index in [0.29, 0.717) is 6.61 Å². The normalized spacial score (nSPS) is 17.2. The second kappa shape index (κ2) is 8.07. The summed E-state index contributed by atoms with van der Waals surface area (Å²) < 4.78 is 5.94. The van der Waals surface area contributed by atoms with Gasteiger partial charge in [0.15, 0.2) is 0 Å². The van der Waals surface area contributed by atoms with Gasteiger partial charge in [-0.3, -0.25) is 0 Å². The molecule has 1 aliphatic rings. The molecule has 1 aliphatic heterocycles. The average molecular weight is 399 g/mol. The number of carboxylic acid groups (broad SMARTS) is 1. The van der Waals surface area contributed by atoms with Crippen molar-refractivity contribution in [2.24, 2.45) is 5.41 Å². The number of carbonyl (C=O) groups is 1. The van der Waals surface area contributed by atoms with Crippen molar-refractivity contribution in [1.29, 1.82) is 0 Å². The monoisotopic (exact) mass is 399 g/mol. The molecule has 0 fully saturated rings. The Balaban J connectivity index is 1.53. The summed E-state index contributed by atoms with van der Waals surface area (Å²) in [5.74, 6) is 0.731. The van der Waals surface area contributed by atoms with Gasteiger partial charge in [-0.2, -0.15) is 0 Å². The Labute approximate surface area is 176 Å². The van der Waals surface area contributed by atoms with Crippen LogP contribution < -0.4 is 10.1 Å². The van der Waals surface area contributed by atoms with E-state index in [-0.39, 0.29) is 11.5 Å². The van der Waals surface area contributed by atoms with Gasteiger partial charge >= 0.3 is 6.09 Å². The smallest absolute Gasteiger partial charge is 0.405 e. The number of nitrogens with one attached hydrogen (secondary N) is 1. The summed E-state index contributed by atoms with van der Waals surface area (Å²) in [4.78, 5) is 11.2. The van der Waals surface area contributed by atoms with Gasteiger partial charge in [-0.15, -0.1) is 0 Å². The third-order valence-electron chi connectivity index (χ3n) is 5.48. The number of hydrogen-bond acceptors (Lipinski definition) is 2. The Bertz CT molecular complexity index is 1070. The topological polar surface area (TPSA) is 58.6 Å². The van der Waals surface area contributed by atoms with E-state index in [0.717, 1.165) is 22.4 Å². The van der Waals surface area contributed by atoms with Crippen LogP contribution in [0, 0.1) is 5.41 Å². The summed E-state index contributed by atoms with van der Waals surface area (Å²) in [5, 5.41) is 11.9. The molecule has 0 aliphatic carbocycles. The third kappa shape index (κ3) is 4.23. The van der Waals surface area contributed by atoms with Gasteiger partial charge in [0.25, 0.3) is 0 Å². The van der Waals surface area contributed by atoms with Gasteiger partial charge in [0.1, 0.15) is 5.75 Å². The van der Waals surface area contributed by atoms with Crippen LogP contribution in [0.2, 0.25) is 0 Å². The average Bonchev–Trinajstić information content (AvgIpc) is 2.75. The molecule has 1 heterocycles. The minimum absolute atomic E-state index is 0.303. The highest BCUT2D eigenvalue weighted by Gasteiger charge is 2.38. The van der Waals surface area contributed by atoms with Crippen LogP contribution in [0.3, 0.4) is 0 Å². The van der Waals surface area contributed by atoms with E-state index in [1.165, 1.54) is 11.1 Å². The van der Waals surface area contributed by atoms with Crippen LogP contribution in [-0.2, 0) is 0 Å². The number of amides is 1. The van der Waals surface area contributed by atoms with Crippen LogP contribution in [0.15, 0.2) is 72.8 Å². The Morgan fingerprint density at radius 2 is 1.60 bits per heavy atom. The highest BCUT2D eigenvalue weighted by Crippen LogP contribution is 2.43. The molecule has 4 rings (SSSR count). The molecular formula is C26H25NO3. The van der Waals surface area contributed by atoms with Gasteiger partial charge in [-0.1, -0.05) is 92.7 Å². The summed E-state index contributed by atoms with van der Waals surface area (Å²) in [6, 6.07) is 24.4. The van der Waals surface area contributed by atoms with Gasteiger partial charge in [0.05, 0.1) is 12.6 Å². The molecule has 0 saturated carbocycles. The zero-order chi connectivity index (χ0) is 21.1. The van der Waals surface area contributed by atoms with Crippen LogP contribution in [0.25, 0.3) is 23.3 Å². The van der Waals surface area contributed by atoms with Crippen LogP contribution in [0.1, 0.15) is 36.6 Å². The maximum Gasteiger partial charge on any atom is 0.405 e. The van der Waals surface area contributed by atoms with Crippen molar-refractivity contribution >= 4 is 18.2 Å². The lowest BCUT2D eigenvalue weighted by molar-refractivity contribution is 0.0995. The highest BCUT2D eigenvalue weighted by atomic mass is 16.5. The predicted molar refractivity (Wildman–Crippen MR) is 120 cm³/mol. The van der Waals surface area contributed by atoms with Crippen LogP contribution in [0.5, 0.6) is 5.75 Å². The van der Waals surface area contributed by atoms with E-state index < -0.39 is 6.09 Å². The molecule has 3 aromatic rings. The maximum atomic E-state index is 11.2. The Kier molecular flexibility index (Phi) is 5.32. The van der Waals surface area contributed by atoms with Crippen LogP contribution in [0.4, 0.5) is 4.79 Å². The summed E-state index contributed by atoms with van der Waals surface area (Å²) in [6.45, 7) is 4.46. The first-order valence-corrected chi connectivity index (χ1v) is 10.0. The summed E-state index contributed by atoms with van der Waals surface area (Å²) in [7, 11) is 0. The van der Waals surface area contributed by atoms with Crippen molar-refractivity contribution in [3.63, 3.8) is 0 Å². The fraction of sp³-hybridized carbons (Fsp3) is 0.192. The van der Waals surface area contributed by atoms with Crippen LogP contribution >= 0.6 is 0 Å². The molecule has 0 saturated heterocycles. The molecule has 30 heavy (non-hydrogen) atoms. The third-order valence-corrected chi connectivity index (χ3v) is 5.48. The number of benzene rings is 3. The highest BCUT2D eigenvalue weighted by molar-refractivity contribution is 5.73. The van der Waals surface area contributed by atoms with Crippen molar-refractivity contribution < 1.29 is 14.6 Å². The first-order chi connectivity index (χ1) is 14.4. The Morgan fingerprint density at radius 1 is 0.967 bits per heavy atom. The molecule has 2 N–H and O–H groups in total. The Morgan fingerprint density at radius 3 is 2.30 bits per heavy atom. The minimum atomic E-state index is -1.02. The van der Waals surface area contributed by atoms with Crippen molar-refractivity contribution in [3.8, 4) is 16.9 Å². The SMILES string of the molecule is CC1(C)COc2cc(/C=C/c3ccc(-c4ccccc4)cc3)ccc2C1NC(=O)O. The van der Waals surface area contributed by atoms with Crippen molar-refractivity contribution in [2.45, 2.75) is 19.9 Å². The summed E-state index contributed by atoms with van der Waals surface area (Å²) in [5.41, 5.74) is 5.07. The first kappa shape index (κ1) is 19.8. The molecule has 4 nitrogen and oxygen atoms in total. The molecule has 4 heteroatoms. The second-order valence-corrected chi connectivity index (χ2v) is 8.28. The second-order valence-electron chi connectivity index (χ2n) is 8.28. The molecule has 152 valence electrons.